The molecule has 1 nitrogen and oxygen atoms in total. The summed E-state index contributed by atoms with van der Waals surface area (Å²) in [7, 11) is 0. The van der Waals surface area contributed by atoms with Crippen LogP contribution in [0.1, 0.15) is 26.7 Å². The van der Waals surface area contributed by atoms with Crippen LogP contribution in [0.4, 0.5) is 0 Å². The minimum absolute atomic E-state index is 0.288. The molecular formula is C14H21N. The second kappa shape index (κ2) is 8.08. The van der Waals surface area contributed by atoms with Gasteiger partial charge < -0.3 is 5.73 Å². The first-order valence-corrected chi connectivity index (χ1v) is 5.32. The van der Waals surface area contributed by atoms with E-state index in [0.29, 0.717) is 6.54 Å². The van der Waals surface area contributed by atoms with Gasteiger partial charge in [0.25, 0.3) is 0 Å². The third-order valence-corrected chi connectivity index (χ3v) is 2.14. The van der Waals surface area contributed by atoms with Crippen molar-refractivity contribution in [2.24, 2.45) is 11.7 Å². The van der Waals surface area contributed by atoms with E-state index in [1.165, 1.54) is 0 Å². The van der Waals surface area contributed by atoms with Crippen molar-refractivity contribution < 1.29 is 0 Å². The maximum absolute atomic E-state index is 5.46. The number of hydrogen-bond acceptors (Lipinski definition) is 1. The van der Waals surface area contributed by atoms with E-state index in [2.05, 4.69) is 31.9 Å². The van der Waals surface area contributed by atoms with E-state index in [4.69, 9.17) is 5.73 Å². The highest BCUT2D eigenvalue weighted by atomic mass is 14.5. The Hall–Kier alpha value is -1.26. The fourth-order valence-electron chi connectivity index (χ4n) is 1.24. The molecule has 0 aliphatic carbocycles. The molecule has 1 atom stereocenters. The Labute approximate surface area is 93.8 Å². The van der Waals surface area contributed by atoms with Crippen LogP contribution in [0.3, 0.4) is 0 Å². The summed E-state index contributed by atoms with van der Waals surface area (Å²) in [6.45, 7) is 12.3. The van der Waals surface area contributed by atoms with Gasteiger partial charge in [0.05, 0.1) is 0 Å². The summed E-state index contributed by atoms with van der Waals surface area (Å²) < 4.78 is 0. The second-order valence-corrected chi connectivity index (χ2v) is 3.53. The first-order valence-electron chi connectivity index (χ1n) is 5.32. The molecule has 0 saturated carbocycles. The fourth-order valence-corrected chi connectivity index (χ4v) is 1.24. The van der Waals surface area contributed by atoms with Crippen molar-refractivity contribution in [3.63, 3.8) is 0 Å². The zero-order valence-corrected chi connectivity index (χ0v) is 9.84. The van der Waals surface area contributed by atoms with Gasteiger partial charge in [0.2, 0.25) is 0 Å². The molecule has 82 valence electrons. The summed E-state index contributed by atoms with van der Waals surface area (Å²) >= 11 is 0. The molecule has 1 unspecified atom stereocenters. The van der Waals surface area contributed by atoms with E-state index < -0.39 is 0 Å². The Balaban J connectivity index is 4.63. The van der Waals surface area contributed by atoms with E-state index in [1.54, 1.807) is 0 Å². The lowest BCUT2D eigenvalue weighted by Gasteiger charge is -2.05. The highest BCUT2D eigenvalue weighted by molar-refractivity contribution is 5.33. The van der Waals surface area contributed by atoms with Crippen molar-refractivity contribution in [3.8, 4) is 11.8 Å². The Morgan fingerprint density at radius 1 is 1.53 bits per heavy atom. The lowest BCUT2D eigenvalue weighted by atomic mass is 9.99. The molecule has 0 amide bonds. The van der Waals surface area contributed by atoms with Crippen LogP contribution in [0.25, 0.3) is 0 Å². The molecule has 0 aromatic carbocycles. The van der Waals surface area contributed by atoms with Crippen molar-refractivity contribution in [2.75, 3.05) is 6.54 Å². The number of allylic oxidation sites excluding steroid dienone is 3. The van der Waals surface area contributed by atoms with Gasteiger partial charge in [-0.1, -0.05) is 43.1 Å². The van der Waals surface area contributed by atoms with Gasteiger partial charge in [0.15, 0.2) is 0 Å². The standard InChI is InChI=1S/C14H21N/c1-5-7-13(10-11-15)8-9-14(6-2)12(3)4/h5,10,14H,1,3,6-7,11,15H2,2,4H3. The quantitative estimate of drug-likeness (QED) is 0.539. The van der Waals surface area contributed by atoms with Crippen LogP contribution >= 0.6 is 0 Å². The highest BCUT2D eigenvalue weighted by Gasteiger charge is 2.01. The maximum Gasteiger partial charge on any atom is 0.0407 e. The summed E-state index contributed by atoms with van der Waals surface area (Å²) in [5, 5.41) is 0. The molecule has 1 heteroatoms. The summed E-state index contributed by atoms with van der Waals surface area (Å²) in [4.78, 5) is 0. The molecule has 0 aromatic rings. The van der Waals surface area contributed by atoms with Crippen LogP contribution in [0, 0.1) is 17.8 Å². The first kappa shape index (κ1) is 13.7. The fraction of sp³-hybridized carbons (Fsp3) is 0.429. The number of hydrogen-bond donors (Lipinski definition) is 1. The average Bonchev–Trinajstić information content (AvgIpc) is 2.18. The van der Waals surface area contributed by atoms with E-state index >= 15 is 0 Å². The van der Waals surface area contributed by atoms with Gasteiger partial charge in [-0.05, 0) is 19.8 Å². The van der Waals surface area contributed by atoms with Gasteiger partial charge in [-0.15, -0.1) is 6.58 Å². The van der Waals surface area contributed by atoms with Gasteiger partial charge in [-0.25, -0.2) is 0 Å². The minimum Gasteiger partial charge on any atom is -0.327 e. The van der Waals surface area contributed by atoms with Gasteiger partial charge in [0, 0.05) is 18.0 Å². The molecule has 0 bridgehead atoms. The Kier molecular flexibility index (Phi) is 7.40. The summed E-state index contributed by atoms with van der Waals surface area (Å²) in [5.41, 5.74) is 7.63. The van der Waals surface area contributed by atoms with Crippen LogP contribution in [0.5, 0.6) is 0 Å². The van der Waals surface area contributed by atoms with E-state index in [-0.39, 0.29) is 5.92 Å². The molecule has 0 spiro atoms. The van der Waals surface area contributed by atoms with Crippen LogP contribution in [0.2, 0.25) is 0 Å². The monoisotopic (exact) mass is 203 g/mol. The second-order valence-electron chi connectivity index (χ2n) is 3.53. The molecule has 0 fully saturated rings. The lowest BCUT2D eigenvalue weighted by molar-refractivity contribution is 0.754. The molecule has 0 aliphatic heterocycles. The molecule has 0 aromatic heterocycles. The van der Waals surface area contributed by atoms with Crippen LogP contribution in [-0.4, -0.2) is 6.54 Å². The first-order chi connectivity index (χ1) is 7.15. The molecule has 0 rings (SSSR count). The highest BCUT2D eigenvalue weighted by Crippen LogP contribution is 2.11. The smallest absolute Gasteiger partial charge is 0.0407 e. The van der Waals surface area contributed by atoms with E-state index in [9.17, 15) is 0 Å². The van der Waals surface area contributed by atoms with Crippen LogP contribution < -0.4 is 5.73 Å². The molecule has 0 aliphatic rings. The largest absolute Gasteiger partial charge is 0.327 e. The Morgan fingerprint density at radius 3 is 2.60 bits per heavy atom. The van der Waals surface area contributed by atoms with Crippen LogP contribution in [-0.2, 0) is 0 Å². The van der Waals surface area contributed by atoms with E-state index in [1.807, 2.05) is 19.1 Å². The molecule has 2 N–H and O–H groups in total. The van der Waals surface area contributed by atoms with Gasteiger partial charge in [-0.2, -0.15) is 0 Å². The Morgan fingerprint density at radius 2 is 2.20 bits per heavy atom. The third-order valence-electron chi connectivity index (χ3n) is 2.14. The molecule has 15 heavy (non-hydrogen) atoms. The summed E-state index contributed by atoms with van der Waals surface area (Å²) in [6.07, 6.45) is 5.58. The zero-order valence-electron chi connectivity index (χ0n) is 9.84. The SMILES string of the molecule is C=CCC(C#CC(CC)C(=C)C)=CCN. The van der Waals surface area contributed by atoms with Crippen molar-refractivity contribution in [1.29, 1.82) is 0 Å². The normalized spacial score (nSPS) is 12.6. The van der Waals surface area contributed by atoms with Crippen molar-refractivity contribution in [2.45, 2.75) is 26.7 Å². The summed E-state index contributed by atoms with van der Waals surface area (Å²) in [6, 6.07) is 0. The van der Waals surface area contributed by atoms with Crippen molar-refractivity contribution >= 4 is 0 Å². The molecular weight excluding hydrogens is 182 g/mol. The Bertz CT molecular complexity index is 299. The maximum atomic E-state index is 5.46. The molecule has 0 saturated heterocycles. The average molecular weight is 203 g/mol. The number of nitrogens with two attached hydrogens (primary N) is 1. The predicted octanol–water partition coefficient (Wildman–Crippen LogP) is 3.05. The zero-order chi connectivity index (χ0) is 11.7. The third kappa shape index (κ3) is 5.93. The molecule has 0 radical (unpaired) electrons. The molecule has 0 heterocycles. The van der Waals surface area contributed by atoms with Gasteiger partial charge in [-0.3, -0.25) is 0 Å². The van der Waals surface area contributed by atoms with Crippen molar-refractivity contribution in [3.05, 3.63) is 36.5 Å². The lowest BCUT2D eigenvalue weighted by Crippen LogP contribution is -1.97. The van der Waals surface area contributed by atoms with Crippen molar-refractivity contribution in [1.82, 2.24) is 0 Å². The van der Waals surface area contributed by atoms with Gasteiger partial charge >= 0.3 is 0 Å². The number of rotatable bonds is 5. The summed E-state index contributed by atoms with van der Waals surface area (Å²) in [5.74, 6) is 6.66. The minimum atomic E-state index is 0.288. The topological polar surface area (TPSA) is 26.0 Å². The van der Waals surface area contributed by atoms with Gasteiger partial charge in [0.1, 0.15) is 0 Å². The predicted molar refractivity (Wildman–Crippen MR) is 68.3 cm³/mol. The van der Waals surface area contributed by atoms with Crippen LogP contribution in [0.15, 0.2) is 36.5 Å². The van der Waals surface area contributed by atoms with E-state index in [0.717, 1.165) is 24.0 Å².